The molecule has 6 heteroatoms. The van der Waals surface area contributed by atoms with Crippen LogP contribution in [0.2, 0.25) is 0 Å². The molecule has 1 atom stereocenters. The Bertz CT molecular complexity index is 524. The quantitative estimate of drug-likeness (QED) is 0.190. The first-order valence-electron chi connectivity index (χ1n) is 9.76. The molecule has 154 valence electrons. The molecular formula is C21H39N4OP. The third kappa shape index (κ3) is 14.4. The topological polar surface area (TPSA) is 70.7 Å². The van der Waals surface area contributed by atoms with E-state index in [1.165, 1.54) is 24.8 Å². The van der Waals surface area contributed by atoms with Gasteiger partial charge in [-0.1, -0.05) is 19.8 Å². The molecule has 0 aliphatic heterocycles. The van der Waals surface area contributed by atoms with Gasteiger partial charge < -0.3 is 16.0 Å². The smallest absolute Gasteiger partial charge is 0.140 e. The molecule has 0 bridgehead atoms. The van der Waals surface area contributed by atoms with E-state index in [1.54, 1.807) is 12.4 Å². The Kier molecular flexibility index (Phi) is 15.0. The van der Waals surface area contributed by atoms with Crippen LogP contribution in [0.5, 0.6) is 0 Å². The zero-order valence-corrected chi connectivity index (χ0v) is 18.8. The van der Waals surface area contributed by atoms with Gasteiger partial charge in [0.1, 0.15) is 6.03 Å². The molecule has 0 spiro atoms. The molecule has 0 aliphatic carbocycles. The minimum absolute atomic E-state index is 0.152. The van der Waals surface area contributed by atoms with Crippen molar-refractivity contribution >= 4 is 20.8 Å². The van der Waals surface area contributed by atoms with Crippen molar-refractivity contribution in [3.8, 4) is 0 Å². The van der Waals surface area contributed by atoms with E-state index in [2.05, 4.69) is 62.1 Å². The minimum Gasteiger partial charge on any atom is -0.372 e. The Morgan fingerprint density at radius 2 is 1.96 bits per heavy atom. The Balaban J connectivity index is 4.74. The lowest BCUT2D eigenvalue weighted by atomic mass is 9.97. The maximum absolute atomic E-state index is 10.8. The summed E-state index contributed by atoms with van der Waals surface area (Å²) in [6, 6.07) is 1.01. The molecule has 0 saturated heterocycles. The Hall–Kier alpha value is -1.29. The minimum atomic E-state index is 0.152. The number of nitrogens with two attached hydrogens (primary N) is 1. The lowest BCUT2D eigenvalue weighted by molar-refractivity contribution is 0.326. The van der Waals surface area contributed by atoms with E-state index in [4.69, 9.17) is 5.73 Å². The number of unbranched alkanes of at least 4 members (excludes halogenated alkanes) is 1. The first-order chi connectivity index (χ1) is 12.9. The molecule has 27 heavy (non-hydrogen) atoms. The van der Waals surface area contributed by atoms with Crippen LogP contribution in [-0.2, 0) is 4.79 Å². The van der Waals surface area contributed by atoms with Crippen molar-refractivity contribution in [2.24, 2.45) is 10.7 Å². The van der Waals surface area contributed by atoms with E-state index in [0.29, 0.717) is 15.1 Å². The maximum atomic E-state index is 10.8. The number of carbonyl (C=O) groups excluding carboxylic acids is 1. The highest BCUT2D eigenvalue weighted by Gasteiger charge is 2.15. The van der Waals surface area contributed by atoms with Crippen molar-refractivity contribution in [2.75, 3.05) is 25.9 Å². The molecule has 0 fully saturated rings. The highest BCUT2D eigenvalue weighted by Crippen LogP contribution is 2.14. The fraction of sp³-hybridized carbons (Fsp3) is 0.619. The SMILES string of the molecule is CCCCC(C)(C)NCCN(/C=C/C(C)=C(C)\C=C\N=CCN)CPC=O. The van der Waals surface area contributed by atoms with E-state index in [-0.39, 0.29) is 5.54 Å². The molecule has 0 aromatic rings. The van der Waals surface area contributed by atoms with Crippen molar-refractivity contribution in [1.82, 2.24) is 10.2 Å². The Labute approximate surface area is 168 Å². The van der Waals surface area contributed by atoms with Crippen molar-refractivity contribution in [2.45, 2.75) is 59.4 Å². The van der Waals surface area contributed by atoms with Crippen LogP contribution in [-0.4, -0.2) is 48.6 Å². The Morgan fingerprint density at radius 3 is 2.59 bits per heavy atom. The summed E-state index contributed by atoms with van der Waals surface area (Å²) in [6.45, 7) is 13.1. The van der Waals surface area contributed by atoms with Crippen molar-refractivity contribution in [1.29, 1.82) is 0 Å². The number of hydrogen-bond acceptors (Lipinski definition) is 5. The molecule has 0 saturated carbocycles. The molecule has 0 aromatic heterocycles. The van der Waals surface area contributed by atoms with Gasteiger partial charge in [0, 0.05) is 43.9 Å². The fourth-order valence-electron chi connectivity index (χ4n) is 2.36. The number of hydrogen-bond donors (Lipinski definition) is 2. The summed E-state index contributed by atoms with van der Waals surface area (Å²) in [7, 11) is 0.297. The lowest BCUT2D eigenvalue weighted by Gasteiger charge is -2.28. The number of allylic oxidation sites excluding steroid dienone is 4. The highest BCUT2D eigenvalue weighted by atomic mass is 31.1. The number of rotatable bonds is 15. The average Bonchev–Trinajstić information content (AvgIpc) is 2.64. The van der Waals surface area contributed by atoms with Gasteiger partial charge in [-0.2, -0.15) is 0 Å². The average molecular weight is 395 g/mol. The van der Waals surface area contributed by atoms with Crippen LogP contribution in [0, 0.1) is 0 Å². The van der Waals surface area contributed by atoms with Crippen molar-refractivity contribution < 1.29 is 4.79 Å². The van der Waals surface area contributed by atoms with Gasteiger partial charge in [0.05, 0.1) is 0 Å². The predicted molar refractivity (Wildman–Crippen MR) is 122 cm³/mol. The second-order valence-electron chi connectivity index (χ2n) is 7.27. The molecule has 0 aliphatic rings. The zero-order valence-electron chi connectivity index (χ0n) is 17.8. The fourth-order valence-corrected chi connectivity index (χ4v) is 2.94. The van der Waals surface area contributed by atoms with Gasteiger partial charge in [-0.15, -0.1) is 0 Å². The van der Waals surface area contributed by atoms with Crippen LogP contribution in [0.4, 0.5) is 0 Å². The summed E-state index contributed by atoms with van der Waals surface area (Å²) in [6.07, 6.45) is 14.0. The van der Waals surface area contributed by atoms with Crippen LogP contribution in [0.3, 0.4) is 0 Å². The molecule has 0 radical (unpaired) electrons. The van der Waals surface area contributed by atoms with Crippen LogP contribution in [0.25, 0.3) is 0 Å². The van der Waals surface area contributed by atoms with Crippen molar-refractivity contribution in [3.63, 3.8) is 0 Å². The van der Waals surface area contributed by atoms with Gasteiger partial charge in [-0.3, -0.25) is 9.79 Å². The van der Waals surface area contributed by atoms with E-state index in [9.17, 15) is 4.79 Å². The molecule has 5 nitrogen and oxygen atoms in total. The van der Waals surface area contributed by atoms with Gasteiger partial charge in [0.15, 0.2) is 0 Å². The Morgan fingerprint density at radius 1 is 1.26 bits per heavy atom. The van der Waals surface area contributed by atoms with Gasteiger partial charge in [-0.05, 0) is 72.2 Å². The summed E-state index contributed by atoms with van der Waals surface area (Å²) >= 11 is 0. The first-order valence-corrected chi connectivity index (χ1v) is 11.0. The van der Waals surface area contributed by atoms with Crippen LogP contribution < -0.4 is 11.1 Å². The van der Waals surface area contributed by atoms with Gasteiger partial charge in [0.2, 0.25) is 0 Å². The normalized spacial score (nSPS) is 14.1. The highest BCUT2D eigenvalue weighted by molar-refractivity contribution is 7.54. The van der Waals surface area contributed by atoms with Crippen molar-refractivity contribution in [3.05, 3.63) is 35.7 Å². The van der Waals surface area contributed by atoms with Crippen LogP contribution in [0.15, 0.2) is 40.7 Å². The monoisotopic (exact) mass is 394 g/mol. The van der Waals surface area contributed by atoms with Gasteiger partial charge in [0.25, 0.3) is 0 Å². The number of carbonyl (C=O) groups is 1. The summed E-state index contributed by atoms with van der Waals surface area (Å²) < 4.78 is 0. The molecule has 0 rings (SSSR count). The summed E-state index contributed by atoms with van der Waals surface area (Å²) in [5, 5.41) is 3.64. The second-order valence-corrected chi connectivity index (χ2v) is 8.23. The molecule has 0 amide bonds. The lowest BCUT2D eigenvalue weighted by Crippen LogP contribution is -2.42. The summed E-state index contributed by atoms with van der Waals surface area (Å²) in [4.78, 5) is 17.1. The molecule has 1 unspecified atom stereocenters. The van der Waals surface area contributed by atoms with E-state index in [1.807, 2.05) is 6.08 Å². The molecule has 3 N–H and O–H groups in total. The summed E-state index contributed by atoms with van der Waals surface area (Å²) in [5.74, 6) is 0. The summed E-state index contributed by atoms with van der Waals surface area (Å²) in [5.41, 5.74) is 7.85. The predicted octanol–water partition coefficient (Wildman–Crippen LogP) is 4.07. The van der Waals surface area contributed by atoms with E-state index in [0.717, 1.165) is 31.0 Å². The maximum Gasteiger partial charge on any atom is 0.140 e. The van der Waals surface area contributed by atoms with Gasteiger partial charge in [-0.25, -0.2) is 0 Å². The first kappa shape index (κ1) is 25.7. The largest absolute Gasteiger partial charge is 0.372 e. The standard InChI is InChI=1S/C21H39N4OP/c1-6-7-10-21(4,5)24-14-16-25(17-27-18-26)15-9-20(3)19(2)8-12-23-13-11-22/h8-9,12-13,15,18,24,27H,6-7,10-11,14,16-17,22H2,1-5H3/b12-8+,15-9+,20-19-,23-13?. The molecular weight excluding hydrogens is 355 g/mol. The number of aliphatic imine (C=N–C) groups is 1. The van der Waals surface area contributed by atoms with E-state index >= 15 is 0 Å². The zero-order chi connectivity index (χ0) is 20.5. The van der Waals surface area contributed by atoms with Crippen LogP contribution in [0.1, 0.15) is 53.9 Å². The third-order valence-corrected chi connectivity index (χ3v) is 5.07. The van der Waals surface area contributed by atoms with Gasteiger partial charge >= 0.3 is 0 Å². The number of nitrogens with zero attached hydrogens (tertiary/aromatic N) is 2. The molecule has 0 aromatic carbocycles. The van der Waals surface area contributed by atoms with Crippen LogP contribution >= 0.6 is 8.58 Å². The van der Waals surface area contributed by atoms with E-state index < -0.39 is 0 Å². The molecule has 0 heterocycles. The number of nitrogens with one attached hydrogen (secondary N) is 1. The third-order valence-electron chi connectivity index (χ3n) is 4.31. The second kappa shape index (κ2) is 15.7.